The molecule has 0 amide bonds. The fraction of sp³-hybridized carbons (Fsp3) is 0.600. The van der Waals surface area contributed by atoms with Crippen LogP contribution in [0.2, 0.25) is 0 Å². The average molecular weight is 233 g/mol. The van der Waals surface area contributed by atoms with Gasteiger partial charge in [-0.2, -0.15) is 0 Å². The van der Waals surface area contributed by atoms with E-state index in [9.17, 15) is 0 Å². The second-order valence-electron chi connectivity index (χ2n) is 5.43. The van der Waals surface area contributed by atoms with Crippen molar-refractivity contribution in [2.75, 3.05) is 0 Å². The molecular formula is C15H23NO. The molecule has 94 valence electrons. The molecular weight excluding hydrogens is 210 g/mol. The first kappa shape index (κ1) is 12.4. The molecule has 2 nitrogen and oxygen atoms in total. The van der Waals surface area contributed by atoms with Crippen molar-refractivity contribution in [2.45, 2.75) is 52.3 Å². The van der Waals surface area contributed by atoms with Crippen molar-refractivity contribution in [2.24, 2.45) is 5.92 Å². The smallest absolute Gasteiger partial charge is 0.124 e. The first-order chi connectivity index (χ1) is 8.15. The highest BCUT2D eigenvalue weighted by Gasteiger charge is 2.24. The molecule has 2 rings (SSSR count). The Kier molecular flexibility index (Phi) is 4.06. The van der Waals surface area contributed by atoms with Gasteiger partial charge in [-0.3, -0.25) is 0 Å². The largest absolute Gasteiger partial charge is 0.491 e. The molecule has 1 aromatic carbocycles. The highest BCUT2D eigenvalue weighted by atomic mass is 16.5. The van der Waals surface area contributed by atoms with Crippen LogP contribution in [0.4, 0.5) is 0 Å². The van der Waals surface area contributed by atoms with Crippen molar-refractivity contribution < 1.29 is 4.74 Å². The molecule has 1 aromatic rings. The van der Waals surface area contributed by atoms with Crippen LogP contribution in [0.5, 0.6) is 5.75 Å². The quantitative estimate of drug-likeness (QED) is 0.842. The minimum Gasteiger partial charge on any atom is -0.491 e. The number of rotatable bonds is 5. The zero-order valence-corrected chi connectivity index (χ0v) is 11.1. The van der Waals surface area contributed by atoms with Crippen molar-refractivity contribution >= 4 is 0 Å². The van der Waals surface area contributed by atoms with Crippen LogP contribution in [0.15, 0.2) is 24.3 Å². The molecule has 1 N–H and O–H groups in total. The molecule has 0 saturated heterocycles. The van der Waals surface area contributed by atoms with Gasteiger partial charge in [0.05, 0.1) is 6.10 Å². The van der Waals surface area contributed by atoms with Gasteiger partial charge in [-0.05, 0) is 38.7 Å². The molecule has 1 fully saturated rings. The standard InChI is InChI=1S/C15H23NO/c1-11(2)17-15-7-5-4-6-13(15)10-16-14-8-12(3)9-14/h4-7,11-12,14,16H,8-10H2,1-3H3. The molecule has 1 aliphatic rings. The Morgan fingerprint density at radius 2 is 2.00 bits per heavy atom. The minimum atomic E-state index is 0.236. The summed E-state index contributed by atoms with van der Waals surface area (Å²) in [4.78, 5) is 0. The molecule has 0 heterocycles. The van der Waals surface area contributed by atoms with Crippen molar-refractivity contribution in [3.05, 3.63) is 29.8 Å². The minimum absolute atomic E-state index is 0.236. The van der Waals surface area contributed by atoms with Gasteiger partial charge in [-0.1, -0.05) is 25.1 Å². The van der Waals surface area contributed by atoms with E-state index in [1.54, 1.807) is 0 Å². The number of ether oxygens (including phenoxy) is 1. The lowest BCUT2D eigenvalue weighted by atomic mass is 9.82. The predicted molar refractivity (Wildman–Crippen MR) is 71.2 cm³/mol. The summed E-state index contributed by atoms with van der Waals surface area (Å²) in [6.45, 7) is 7.36. The molecule has 1 saturated carbocycles. The summed E-state index contributed by atoms with van der Waals surface area (Å²) in [5.41, 5.74) is 1.26. The molecule has 0 bridgehead atoms. The van der Waals surface area contributed by atoms with Crippen LogP contribution >= 0.6 is 0 Å². The maximum atomic E-state index is 5.81. The van der Waals surface area contributed by atoms with E-state index in [1.807, 2.05) is 6.07 Å². The molecule has 1 aliphatic carbocycles. The van der Waals surface area contributed by atoms with Crippen LogP contribution in [-0.2, 0) is 6.54 Å². The number of benzene rings is 1. The Balaban J connectivity index is 1.90. The third kappa shape index (κ3) is 3.47. The number of para-hydroxylation sites is 1. The number of nitrogens with one attached hydrogen (secondary N) is 1. The van der Waals surface area contributed by atoms with Crippen LogP contribution in [0.25, 0.3) is 0 Å². The highest BCUT2D eigenvalue weighted by Crippen LogP contribution is 2.27. The van der Waals surface area contributed by atoms with Crippen LogP contribution in [0.1, 0.15) is 39.2 Å². The van der Waals surface area contributed by atoms with Gasteiger partial charge < -0.3 is 10.1 Å². The molecule has 0 radical (unpaired) electrons. The Morgan fingerprint density at radius 1 is 1.29 bits per heavy atom. The second-order valence-corrected chi connectivity index (χ2v) is 5.43. The van der Waals surface area contributed by atoms with Gasteiger partial charge in [-0.15, -0.1) is 0 Å². The summed E-state index contributed by atoms with van der Waals surface area (Å²) in [5, 5.41) is 3.60. The normalized spacial score (nSPS) is 23.5. The first-order valence-electron chi connectivity index (χ1n) is 6.63. The number of hydrogen-bond donors (Lipinski definition) is 1. The third-order valence-electron chi connectivity index (χ3n) is 3.29. The first-order valence-corrected chi connectivity index (χ1v) is 6.63. The zero-order chi connectivity index (χ0) is 12.3. The van der Waals surface area contributed by atoms with Gasteiger partial charge in [0, 0.05) is 18.2 Å². The average Bonchev–Trinajstić information content (AvgIpc) is 2.24. The Labute approximate surface area is 104 Å². The van der Waals surface area contributed by atoms with E-state index in [0.29, 0.717) is 6.04 Å². The van der Waals surface area contributed by atoms with Crippen molar-refractivity contribution in [1.29, 1.82) is 0 Å². The van der Waals surface area contributed by atoms with Gasteiger partial charge in [-0.25, -0.2) is 0 Å². The van der Waals surface area contributed by atoms with E-state index in [2.05, 4.69) is 44.3 Å². The molecule has 0 spiro atoms. The molecule has 0 atom stereocenters. The Morgan fingerprint density at radius 3 is 2.65 bits per heavy atom. The van der Waals surface area contributed by atoms with E-state index in [0.717, 1.165) is 18.2 Å². The molecule has 0 aliphatic heterocycles. The monoisotopic (exact) mass is 233 g/mol. The maximum Gasteiger partial charge on any atom is 0.124 e. The highest BCUT2D eigenvalue weighted by molar-refractivity contribution is 5.33. The maximum absolute atomic E-state index is 5.81. The van der Waals surface area contributed by atoms with Crippen LogP contribution < -0.4 is 10.1 Å². The van der Waals surface area contributed by atoms with E-state index in [-0.39, 0.29) is 6.10 Å². The second kappa shape index (κ2) is 5.54. The van der Waals surface area contributed by atoms with Crippen molar-refractivity contribution in [3.8, 4) is 5.75 Å². The van der Waals surface area contributed by atoms with Gasteiger partial charge in [0.25, 0.3) is 0 Å². The predicted octanol–water partition coefficient (Wildman–Crippen LogP) is 3.36. The number of hydrogen-bond acceptors (Lipinski definition) is 2. The fourth-order valence-corrected chi connectivity index (χ4v) is 2.34. The van der Waals surface area contributed by atoms with Crippen LogP contribution in [0.3, 0.4) is 0 Å². The summed E-state index contributed by atoms with van der Waals surface area (Å²) < 4.78 is 5.81. The topological polar surface area (TPSA) is 21.3 Å². The van der Waals surface area contributed by atoms with E-state index in [1.165, 1.54) is 18.4 Å². The fourth-order valence-electron chi connectivity index (χ4n) is 2.34. The zero-order valence-electron chi connectivity index (χ0n) is 11.1. The molecule has 17 heavy (non-hydrogen) atoms. The summed E-state index contributed by atoms with van der Waals surface area (Å²) in [5.74, 6) is 1.91. The molecule has 0 aromatic heterocycles. The van der Waals surface area contributed by atoms with Crippen molar-refractivity contribution in [3.63, 3.8) is 0 Å². The van der Waals surface area contributed by atoms with Gasteiger partial charge in [0.2, 0.25) is 0 Å². The SMILES string of the molecule is CC1CC(NCc2ccccc2OC(C)C)C1. The lowest BCUT2D eigenvalue weighted by Gasteiger charge is -2.33. The summed E-state index contributed by atoms with van der Waals surface area (Å²) in [7, 11) is 0. The van der Waals surface area contributed by atoms with Gasteiger partial charge in [0.15, 0.2) is 0 Å². The Hall–Kier alpha value is -1.02. The summed E-state index contributed by atoms with van der Waals surface area (Å²) >= 11 is 0. The van der Waals surface area contributed by atoms with Crippen molar-refractivity contribution in [1.82, 2.24) is 5.32 Å². The lowest BCUT2D eigenvalue weighted by molar-refractivity contribution is 0.229. The van der Waals surface area contributed by atoms with Gasteiger partial charge >= 0.3 is 0 Å². The molecule has 2 heteroatoms. The van der Waals surface area contributed by atoms with Gasteiger partial charge in [0.1, 0.15) is 5.75 Å². The van der Waals surface area contributed by atoms with E-state index in [4.69, 9.17) is 4.74 Å². The lowest BCUT2D eigenvalue weighted by Crippen LogP contribution is -2.39. The van der Waals surface area contributed by atoms with E-state index >= 15 is 0 Å². The third-order valence-corrected chi connectivity index (χ3v) is 3.29. The summed E-state index contributed by atoms with van der Waals surface area (Å²) in [6.07, 6.45) is 2.86. The Bertz CT molecular complexity index is 356. The van der Waals surface area contributed by atoms with Crippen LogP contribution in [-0.4, -0.2) is 12.1 Å². The van der Waals surface area contributed by atoms with E-state index < -0.39 is 0 Å². The summed E-state index contributed by atoms with van der Waals surface area (Å²) in [6, 6.07) is 9.02. The molecule has 0 unspecified atom stereocenters. The van der Waals surface area contributed by atoms with Crippen LogP contribution in [0, 0.1) is 5.92 Å².